The first-order valence-electron chi connectivity index (χ1n) is 4.29. The van der Waals surface area contributed by atoms with Crippen molar-refractivity contribution in [1.82, 2.24) is 4.98 Å². The molecular formula is C9H15N3O2. The number of hydrogen-bond acceptors (Lipinski definition) is 3. The number of amides is 2. The van der Waals surface area contributed by atoms with Gasteiger partial charge in [0, 0.05) is 0 Å². The number of rotatable bonds is 2. The first kappa shape index (κ1) is 12.2. The number of hydrogen-bond donors (Lipinski definition) is 2. The Morgan fingerprint density at radius 1 is 1.50 bits per heavy atom. The van der Waals surface area contributed by atoms with Crippen LogP contribution in [-0.4, -0.2) is 18.1 Å². The van der Waals surface area contributed by atoms with Gasteiger partial charge in [0.2, 0.25) is 0 Å². The molecule has 0 unspecified atom stereocenters. The van der Waals surface area contributed by atoms with E-state index in [1.54, 1.807) is 12.1 Å². The largest absolute Gasteiger partial charge is 0.495 e. The molecule has 5 nitrogen and oxygen atoms in total. The number of urea groups is 1. The van der Waals surface area contributed by atoms with E-state index in [1.807, 2.05) is 13.8 Å². The van der Waals surface area contributed by atoms with Gasteiger partial charge in [-0.25, -0.2) is 9.78 Å². The lowest BCUT2D eigenvalue weighted by atomic mass is 10.4. The Kier molecular flexibility index (Phi) is 5.85. The highest BCUT2D eigenvalue weighted by molar-refractivity contribution is 5.86. The predicted molar refractivity (Wildman–Crippen MR) is 55.3 cm³/mol. The molecule has 2 amide bonds. The monoisotopic (exact) mass is 197 g/mol. The van der Waals surface area contributed by atoms with Crippen molar-refractivity contribution in [3.63, 3.8) is 0 Å². The van der Waals surface area contributed by atoms with Gasteiger partial charge >= 0.3 is 6.03 Å². The average molecular weight is 197 g/mol. The van der Waals surface area contributed by atoms with Crippen LogP contribution in [0.2, 0.25) is 0 Å². The molecule has 14 heavy (non-hydrogen) atoms. The summed E-state index contributed by atoms with van der Waals surface area (Å²) >= 11 is 0. The number of pyridine rings is 1. The van der Waals surface area contributed by atoms with Gasteiger partial charge in [-0.3, -0.25) is 5.32 Å². The molecule has 0 aliphatic carbocycles. The van der Waals surface area contributed by atoms with Gasteiger partial charge in [-0.2, -0.15) is 0 Å². The average Bonchev–Trinajstić information content (AvgIpc) is 2.21. The number of ether oxygens (including phenoxy) is 1. The Hall–Kier alpha value is -1.78. The lowest BCUT2D eigenvalue weighted by molar-refractivity contribution is 0.259. The van der Waals surface area contributed by atoms with Crippen LogP contribution in [0.1, 0.15) is 13.8 Å². The van der Waals surface area contributed by atoms with Gasteiger partial charge in [-0.15, -0.1) is 0 Å². The van der Waals surface area contributed by atoms with Gasteiger partial charge in [-0.1, -0.05) is 13.8 Å². The quantitative estimate of drug-likeness (QED) is 0.756. The second kappa shape index (κ2) is 6.71. The Balaban J connectivity index is 0.000000791. The minimum absolute atomic E-state index is 0.406. The summed E-state index contributed by atoms with van der Waals surface area (Å²) < 4.78 is 4.87. The van der Waals surface area contributed by atoms with Crippen molar-refractivity contribution in [2.75, 3.05) is 12.4 Å². The zero-order valence-electron chi connectivity index (χ0n) is 8.57. The molecule has 0 aliphatic heterocycles. The van der Waals surface area contributed by atoms with Crippen LogP contribution in [0.15, 0.2) is 18.3 Å². The highest BCUT2D eigenvalue weighted by Gasteiger charge is 1.96. The fourth-order valence-corrected chi connectivity index (χ4v) is 0.701. The molecule has 0 atom stereocenters. The molecule has 0 saturated carbocycles. The van der Waals surface area contributed by atoms with Gasteiger partial charge in [-0.05, 0) is 12.1 Å². The normalized spacial score (nSPS) is 8.21. The van der Waals surface area contributed by atoms with Crippen LogP contribution < -0.4 is 15.8 Å². The van der Waals surface area contributed by atoms with Crippen molar-refractivity contribution in [2.24, 2.45) is 5.73 Å². The summed E-state index contributed by atoms with van der Waals surface area (Å²) in [7, 11) is 1.54. The van der Waals surface area contributed by atoms with E-state index in [-0.39, 0.29) is 0 Å². The van der Waals surface area contributed by atoms with Crippen LogP contribution in [0.4, 0.5) is 10.6 Å². The van der Waals surface area contributed by atoms with Crippen LogP contribution in [0.5, 0.6) is 5.75 Å². The number of nitrogens with zero attached hydrogens (tertiary/aromatic N) is 1. The number of primary amides is 1. The summed E-state index contributed by atoms with van der Waals surface area (Å²) in [6.45, 7) is 4.00. The van der Waals surface area contributed by atoms with Gasteiger partial charge in [0.25, 0.3) is 0 Å². The van der Waals surface area contributed by atoms with Crippen molar-refractivity contribution >= 4 is 11.8 Å². The second-order valence-electron chi connectivity index (χ2n) is 2.07. The van der Waals surface area contributed by atoms with E-state index in [0.717, 1.165) is 0 Å². The molecule has 0 saturated heterocycles. The van der Waals surface area contributed by atoms with Crippen LogP contribution in [0.25, 0.3) is 0 Å². The first-order valence-corrected chi connectivity index (χ1v) is 4.29. The third kappa shape index (κ3) is 4.30. The van der Waals surface area contributed by atoms with Crippen molar-refractivity contribution < 1.29 is 9.53 Å². The Bertz CT molecular complexity index is 272. The van der Waals surface area contributed by atoms with Gasteiger partial charge in [0.15, 0.2) is 0 Å². The predicted octanol–water partition coefficient (Wildman–Crippen LogP) is 1.61. The smallest absolute Gasteiger partial charge is 0.317 e. The van der Waals surface area contributed by atoms with E-state index in [1.165, 1.54) is 13.3 Å². The number of methoxy groups -OCH3 is 1. The maximum Gasteiger partial charge on any atom is 0.317 e. The highest BCUT2D eigenvalue weighted by Crippen LogP contribution is 2.10. The van der Waals surface area contributed by atoms with E-state index >= 15 is 0 Å². The summed E-state index contributed by atoms with van der Waals surface area (Å²) in [5, 5.41) is 2.33. The SMILES string of the molecule is CC.COc1ccc(NC(N)=O)nc1. The summed E-state index contributed by atoms with van der Waals surface area (Å²) in [5.74, 6) is 1.04. The van der Waals surface area contributed by atoms with Crippen molar-refractivity contribution in [1.29, 1.82) is 0 Å². The van der Waals surface area contributed by atoms with E-state index in [4.69, 9.17) is 10.5 Å². The number of carbonyl (C=O) groups is 1. The molecule has 1 heterocycles. The number of anilines is 1. The minimum atomic E-state index is -0.632. The van der Waals surface area contributed by atoms with Crippen molar-refractivity contribution in [2.45, 2.75) is 13.8 Å². The molecule has 0 aromatic carbocycles. The van der Waals surface area contributed by atoms with Crippen molar-refractivity contribution in [3.8, 4) is 5.75 Å². The maximum absolute atomic E-state index is 10.4. The number of aromatic nitrogens is 1. The summed E-state index contributed by atoms with van der Waals surface area (Å²) in [5.41, 5.74) is 4.87. The van der Waals surface area contributed by atoms with E-state index in [0.29, 0.717) is 11.6 Å². The number of carbonyl (C=O) groups excluding carboxylic acids is 1. The highest BCUT2D eigenvalue weighted by atomic mass is 16.5. The van der Waals surface area contributed by atoms with E-state index in [9.17, 15) is 4.79 Å². The summed E-state index contributed by atoms with van der Waals surface area (Å²) in [4.78, 5) is 14.2. The number of nitrogens with two attached hydrogens (primary N) is 1. The van der Waals surface area contributed by atoms with E-state index in [2.05, 4.69) is 10.3 Å². The molecule has 0 aliphatic rings. The third-order valence-electron chi connectivity index (χ3n) is 1.22. The third-order valence-corrected chi connectivity index (χ3v) is 1.22. The number of nitrogens with one attached hydrogen (secondary N) is 1. The Labute approximate surface area is 83.3 Å². The zero-order chi connectivity index (χ0) is 11.0. The lowest BCUT2D eigenvalue weighted by Crippen LogP contribution is -2.19. The topological polar surface area (TPSA) is 77.2 Å². The molecule has 1 aromatic rings. The molecule has 3 N–H and O–H groups in total. The molecule has 5 heteroatoms. The van der Waals surface area contributed by atoms with Crippen LogP contribution in [0, 0.1) is 0 Å². The van der Waals surface area contributed by atoms with Gasteiger partial charge < -0.3 is 10.5 Å². The molecular weight excluding hydrogens is 182 g/mol. The first-order chi connectivity index (χ1) is 6.72. The van der Waals surface area contributed by atoms with Gasteiger partial charge in [0.1, 0.15) is 11.6 Å². The standard InChI is InChI=1S/C7H9N3O2.C2H6/c1-12-5-2-3-6(9-4-5)10-7(8)11;1-2/h2-4H,1H3,(H3,8,9,10,11);1-2H3. The molecule has 78 valence electrons. The van der Waals surface area contributed by atoms with E-state index < -0.39 is 6.03 Å². The van der Waals surface area contributed by atoms with Crippen molar-refractivity contribution in [3.05, 3.63) is 18.3 Å². The maximum atomic E-state index is 10.4. The molecule has 0 radical (unpaired) electrons. The van der Waals surface area contributed by atoms with Crippen LogP contribution in [-0.2, 0) is 0 Å². The van der Waals surface area contributed by atoms with Gasteiger partial charge in [0.05, 0.1) is 13.3 Å². The molecule has 0 fully saturated rings. The fraction of sp³-hybridized carbons (Fsp3) is 0.333. The van der Waals surface area contributed by atoms with Crippen LogP contribution in [0.3, 0.4) is 0 Å². The van der Waals surface area contributed by atoms with Crippen LogP contribution >= 0.6 is 0 Å². The lowest BCUT2D eigenvalue weighted by Gasteiger charge is -2.01. The summed E-state index contributed by atoms with van der Waals surface area (Å²) in [6.07, 6.45) is 1.49. The molecule has 1 aromatic heterocycles. The minimum Gasteiger partial charge on any atom is -0.495 e. The fourth-order valence-electron chi connectivity index (χ4n) is 0.701. The Morgan fingerprint density at radius 2 is 2.14 bits per heavy atom. The second-order valence-corrected chi connectivity index (χ2v) is 2.07. The molecule has 0 bridgehead atoms. The molecule has 1 rings (SSSR count). The Morgan fingerprint density at radius 3 is 2.50 bits per heavy atom. The zero-order valence-corrected chi connectivity index (χ0v) is 8.57. The summed E-state index contributed by atoms with van der Waals surface area (Å²) in [6, 6.07) is 2.65. The molecule has 0 spiro atoms.